The quantitative estimate of drug-likeness (QED) is 0.828. The summed E-state index contributed by atoms with van der Waals surface area (Å²) < 4.78 is 37.4. The van der Waals surface area contributed by atoms with E-state index in [1.807, 2.05) is 0 Å². The lowest BCUT2D eigenvalue weighted by atomic mass is 10.1. The van der Waals surface area contributed by atoms with Crippen LogP contribution in [-0.2, 0) is 4.79 Å². The maximum absolute atomic E-state index is 12.5. The van der Waals surface area contributed by atoms with Crippen LogP contribution in [0.2, 0.25) is 0 Å². The molecule has 1 amide bonds. The molecule has 0 spiro atoms. The van der Waals surface area contributed by atoms with E-state index >= 15 is 0 Å². The van der Waals surface area contributed by atoms with Crippen molar-refractivity contribution < 1.29 is 22.8 Å². The van der Waals surface area contributed by atoms with Crippen LogP contribution in [0, 0.1) is 0 Å². The third-order valence-corrected chi connectivity index (χ3v) is 3.12. The lowest BCUT2D eigenvalue weighted by Crippen LogP contribution is -2.45. The van der Waals surface area contributed by atoms with E-state index in [4.69, 9.17) is 0 Å². The summed E-state index contributed by atoms with van der Waals surface area (Å²) >= 11 is 0. The zero-order valence-corrected chi connectivity index (χ0v) is 9.98. The van der Waals surface area contributed by atoms with Gasteiger partial charge in [-0.05, 0) is 25.0 Å². The summed E-state index contributed by atoms with van der Waals surface area (Å²) in [6.07, 6.45) is -4.42. The van der Waals surface area contributed by atoms with Gasteiger partial charge >= 0.3 is 6.18 Å². The Morgan fingerprint density at radius 1 is 1.16 bits per heavy atom. The van der Waals surface area contributed by atoms with Crippen LogP contribution in [0.15, 0.2) is 30.3 Å². The summed E-state index contributed by atoms with van der Waals surface area (Å²) in [5.41, 5.74) is 0.296. The van der Waals surface area contributed by atoms with E-state index < -0.39 is 23.9 Å². The second-order valence-corrected chi connectivity index (χ2v) is 4.38. The fraction of sp³-hybridized carbons (Fsp3) is 0.385. The van der Waals surface area contributed by atoms with Gasteiger partial charge in [-0.3, -0.25) is 9.59 Å². The monoisotopic (exact) mass is 271 g/mol. The Labute approximate surface area is 108 Å². The van der Waals surface area contributed by atoms with E-state index in [0.29, 0.717) is 12.0 Å². The van der Waals surface area contributed by atoms with Gasteiger partial charge in [0.25, 0.3) is 11.7 Å². The molecule has 1 unspecified atom stereocenters. The van der Waals surface area contributed by atoms with Crippen molar-refractivity contribution in [3.63, 3.8) is 0 Å². The minimum Gasteiger partial charge on any atom is -0.328 e. The molecule has 1 aromatic carbocycles. The molecule has 102 valence electrons. The maximum Gasteiger partial charge on any atom is 0.452 e. The van der Waals surface area contributed by atoms with E-state index in [0.717, 1.165) is 4.90 Å². The molecule has 2 rings (SSSR count). The highest BCUT2D eigenvalue weighted by atomic mass is 19.4. The van der Waals surface area contributed by atoms with Crippen molar-refractivity contribution >= 4 is 11.7 Å². The second-order valence-electron chi connectivity index (χ2n) is 4.38. The molecule has 0 N–H and O–H groups in total. The zero-order valence-electron chi connectivity index (χ0n) is 9.98. The molecule has 1 aliphatic rings. The van der Waals surface area contributed by atoms with E-state index in [1.54, 1.807) is 18.2 Å². The Morgan fingerprint density at radius 3 is 2.37 bits per heavy atom. The van der Waals surface area contributed by atoms with E-state index in [9.17, 15) is 22.8 Å². The van der Waals surface area contributed by atoms with Gasteiger partial charge in [0.05, 0.1) is 0 Å². The van der Waals surface area contributed by atoms with Gasteiger partial charge < -0.3 is 4.90 Å². The van der Waals surface area contributed by atoms with Crippen molar-refractivity contribution in [3.8, 4) is 0 Å². The summed E-state index contributed by atoms with van der Waals surface area (Å²) in [6.45, 7) is 0.181. The number of carbonyl (C=O) groups excluding carboxylic acids is 2. The normalized spacial score (nSPS) is 19.5. The van der Waals surface area contributed by atoms with Crippen LogP contribution in [0.4, 0.5) is 13.2 Å². The number of carbonyl (C=O) groups is 2. The average molecular weight is 271 g/mol. The number of Topliss-reactive ketones (excluding diaryl/α,β-unsaturated/α-hetero) is 1. The topological polar surface area (TPSA) is 37.4 Å². The van der Waals surface area contributed by atoms with Crippen molar-refractivity contribution in [2.24, 2.45) is 0 Å². The fourth-order valence-electron chi connectivity index (χ4n) is 2.22. The Kier molecular flexibility index (Phi) is 3.59. The Bertz CT molecular complexity index is 484. The summed E-state index contributed by atoms with van der Waals surface area (Å²) in [6, 6.07) is 6.63. The highest BCUT2D eigenvalue weighted by Crippen LogP contribution is 2.28. The summed E-state index contributed by atoms with van der Waals surface area (Å²) in [4.78, 5) is 24.4. The van der Waals surface area contributed by atoms with Crippen LogP contribution in [0.5, 0.6) is 0 Å². The van der Waals surface area contributed by atoms with Gasteiger partial charge in [-0.25, -0.2) is 0 Å². The first-order valence-electron chi connectivity index (χ1n) is 5.88. The lowest BCUT2D eigenvalue weighted by Gasteiger charge is -2.24. The van der Waals surface area contributed by atoms with E-state index in [2.05, 4.69) is 0 Å². The van der Waals surface area contributed by atoms with Crippen LogP contribution >= 0.6 is 0 Å². The lowest BCUT2D eigenvalue weighted by molar-refractivity contribution is -0.175. The number of ketones is 1. The molecule has 6 heteroatoms. The molecule has 0 aliphatic carbocycles. The first-order chi connectivity index (χ1) is 8.91. The van der Waals surface area contributed by atoms with Crippen molar-refractivity contribution in [2.45, 2.75) is 25.1 Å². The Balaban J connectivity index is 2.20. The van der Waals surface area contributed by atoms with Crippen molar-refractivity contribution in [1.82, 2.24) is 4.90 Å². The Morgan fingerprint density at radius 2 is 1.79 bits per heavy atom. The molecule has 1 aromatic rings. The molecular formula is C13H12F3NO2. The highest BCUT2D eigenvalue weighted by molar-refractivity contribution is 5.99. The number of hydrogen-bond donors (Lipinski definition) is 0. The SMILES string of the molecule is O=C(c1ccccc1)N1CCCC1C(=O)C(F)(F)F. The standard InChI is InChI=1S/C13H12F3NO2/c14-13(15,16)11(18)10-7-4-8-17(10)12(19)9-5-2-1-3-6-9/h1-3,5-6,10H,4,7-8H2. The number of benzene rings is 1. The fourth-order valence-corrected chi connectivity index (χ4v) is 2.22. The molecule has 1 aliphatic heterocycles. The third-order valence-electron chi connectivity index (χ3n) is 3.12. The molecule has 3 nitrogen and oxygen atoms in total. The van der Waals surface area contributed by atoms with E-state index in [1.165, 1.54) is 12.1 Å². The number of alkyl halides is 3. The molecule has 1 saturated heterocycles. The summed E-state index contributed by atoms with van der Waals surface area (Å²) in [5.74, 6) is -2.37. The van der Waals surface area contributed by atoms with E-state index in [-0.39, 0.29) is 13.0 Å². The molecular weight excluding hydrogens is 259 g/mol. The average Bonchev–Trinajstić information content (AvgIpc) is 2.85. The smallest absolute Gasteiger partial charge is 0.328 e. The van der Waals surface area contributed by atoms with Gasteiger partial charge in [0, 0.05) is 12.1 Å². The second kappa shape index (κ2) is 5.03. The highest BCUT2D eigenvalue weighted by Gasteiger charge is 2.48. The number of halogens is 3. The number of likely N-dealkylation sites (tertiary alicyclic amines) is 1. The molecule has 0 saturated carbocycles. The largest absolute Gasteiger partial charge is 0.452 e. The Hall–Kier alpha value is -1.85. The zero-order chi connectivity index (χ0) is 14.0. The van der Waals surface area contributed by atoms with Crippen molar-refractivity contribution in [3.05, 3.63) is 35.9 Å². The van der Waals surface area contributed by atoms with Crippen molar-refractivity contribution in [1.29, 1.82) is 0 Å². The van der Waals surface area contributed by atoms with Gasteiger partial charge in [-0.15, -0.1) is 0 Å². The van der Waals surface area contributed by atoms with Crippen LogP contribution in [0.25, 0.3) is 0 Å². The molecule has 19 heavy (non-hydrogen) atoms. The molecule has 1 heterocycles. The van der Waals surface area contributed by atoms with Crippen molar-refractivity contribution in [2.75, 3.05) is 6.54 Å². The van der Waals surface area contributed by atoms with Gasteiger partial charge in [-0.2, -0.15) is 13.2 Å². The third kappa shape index (κ3) is 2.77. The molecule has 0 radical (unpaired) electrons. The molecule has 1 fully saturated rings. The first-order valence-corrected chi connectivity index (χ1v) is 5.88. The van der Waals surface area contributed by atoms with Crippen LogP contribution in [0.1, 0.15) is 23.2 Å². The van der Waals surface area contributed by atoms with Crippen LogP contribution in [0.3, 0.4) is 0 Å². The van der Waals surface area contributed by atoms with Crippen LogP contribution in [-0.4, -0.2) is 35.4 Å². The molecule has 0 aromatic heterocycles. The van der Waals surface area contributed by atoms with Gasteiger partial charge in [0.1, 0.15) is 6.04 Å². The predicted octanol–water partition coefficient (Wildman–Crippen LogP) is 2.42. The van der Waals surface area contributed by atoms with Gasteiger partial charge in [-0.1, -0.05) is 18.2 Å². The van der Waals surface area contributed by atoms with Gasteiger partial charge in [0.2, 0.25) is 0 Å². The maximum atomic E-state index is 12.5. The molecule has 1 atom stereocenters. The minimum atomic E-state index is -4.90. The number of amides is 1. The minimum absolute atomic E-state index is 0.0664. The summed E-state index contributed by atoms with van der Waals surface area (Å²) in [7, 11) is 0. The number of nitrogens with zero attached hydrogens (tertiary/aromatic N) is 1. The van der Waals surface area contributed by atoms with Crippen LogP contribution < -0.4 is 0 Å². The van der Waals surface area contributed by atoms with Gasteiger partial charge in [0.15, 0.2) is 0 Å². The number of hydrogen-bond acceptors (Lipinski definition) is 2. The summed E-state index contributed by atoms with van der Waals surface area (Å²) in [5, 5.41) is 0. The first kappa shape index (κ1) is 13.6. The molecule has 0 bridgehead atoms. The predicted molar refractivity (Wildman–Crippen MR) is 61.6 cm³/mol. The number of rotatable bonds is 2.